The third-order valence-corrected chi connectivity index (χ3v) is 6.51. The van der Waals surface area contributed by atoms with Gasteiger partial charge in [0.2, 0.25) is 15.9 Å². The van der Waals surface area contributed by atoms with Crippen LogP contribution < -0.4 is 5.73 Å². The highest BCUT2D eigenvalue weighted by Crippen LogP contribution is 2.25. The first kappa shape index (κ1) is 20.3. The number of nitrogens with zero attached hydrogens (tertiary/aromatic N) is 3. The van der Waals surface area contributed by atoms with Gasteiger partial charge in [0.1, 0.15) is 0 Å². The van der Waals surface area contributed by atoms with Crippen LogP contribution in [0.4, 0.5) is 5.69 Å². The second-order valence-corrected chi connectivity index (χ2v) is 8.24. The van der Waals surface area contributed by atoms with Crippen molar-refractivity contribution in [1.82, 2.24) is 9.21 Å². The number of sulfonamides is 1. The monoisotopic (exact) mass is 384 g/mol. The van der Waals surface area contributed by atoms with Gasteiger partial charge in [-0.25, -0.2) is 8.42 Å². The van der Waals surface area contributed by atoms with Crippen LogP contribution in [0.15, 0.2) is 23.1 Å². The lowest BCUT2D eigenvalue weighted by molar-refractivity contribution is -0.385. The van der Waals surface area contributed by atoms with Gasteiger partial charge >= 0.3 is 0 Å². The zero-order chi connectivity index (χ0) is 19.5. The number of amides is 1. The fraction of sp³-hybridized carbons (Fsp3) is 0.562. The topological polar surface area (TPSA) is 127 Å². The lowest BCUT2D eigenvalue weighted by Gasteiger charge is -2.35. The minimum Gasteiger partial charge on any atom is -0.339 e. The first-order valence-corrected chi connectivity index (χ1v) is 9.92. The number of hydrogen-bond donors (Lipinski definition) is 1. The van der Waals surface area contributed by atoms with Crippen LogP contribution in [-0.2, 0) is 14.8 Å². The Balaban J connectivity index is 2.15. The van der Waals surface area contributed by atoms with Gasteiger partial charge in [0.05, 0.1) is 15.9 Å². The fourth-order valence-corrected chi connectivity index (χ4v) is 4.60. The summed E-state index contributed by atoms with van der Waals surface area (Å²) in [5.74, 6) is -0.171. The number of carbonyl (C=O) groups excluding carboxylic acids is 1. The van der Waals surface area contributed by atoms with E-state index in [1.807, 2.05) is 6.92 Å². The standard InChI is InChI=1S/C16H24N4O5S/c1-3-4-14(17)16(21)18-7-9-19(10-8-18)26(24,25)15-11-13(20(22)23)6-5-12(15)2/h5-6,11,14H,3-4,7-10,17H2,1-2H3. The maximum absolute atomic E-state index is 12.9. The van der Waals surface area contributed by atoms with Crippen molar-refractivity contribution in [1.29, 1.82) is 0 Å². The molecule has 0 bridgehead atoms. The molecule has 1 aliphatic rings. The molecule has 9 nitrogen and oxygen atoms in total. The Hall–Kier alpha value is -2.04. The van der Waals surface area contributed by atoms with Gasteiger partial charge in [-0.2, -0.15) is 4.31 Å². The second-order valence-electron chi connectivity index (χ2n) is 6.33. The molecule has 1 amide bonds. The van der Waals surface area contributed by atoms with Crippen molar-refractivity contribution >= 4 is 21.6 Å². The van der Waals surface area contributed by atoms with E-state index in [1.54, 1.807) is 11.8 Å². The van der Waals surface area contributed by atoms with Crippen molar-refractivity contribution in [3.63, 3.8) is 0 Å². The molecule has 1 aromatic rings. The maximum Gasteiger partial charge on any atom is 0.270 e. The number of aryl methyl sites for hydroxylation is 1. The molecule has 1 unspecified atom stereocenters. The van der Waals surface area contributed by atoms with Crippen LogP contribution in [0.1, 0.15) is 25.3 Å². The van der Waals surface area contributed by atoms with E-state index in [9.17, 15) is 23.3 Å². The molecule has 0 aromatic heterocycles. The van der Waals surface area contributed by atoms with E-state index in [2.05, 4.69) is 0 Å². The highest BCUT2D eigenvalue weighted by Gasteiger charge is 2.33. The summed E-state index contributed by atoms with van der Waals surface area (Å²) in [6.07, 6.45) is 1.39. The molecule has 1 fully saturated rings. The molecule has 2 rings (SSSR count). The van der Waals surface area contributed by atoms with E-state index in [0.29, 0.717) is 12.0 Å². The van der Waals surface area contributed by atoms with Crippen molar-refractivity contribution in [3.8, 4) is 0 Å². The average Bonchev–Trinajstić information content (AvgIpc) is 2.61. The van der Waals surface area contributed by atoms with Crippen LogP contribution in [0.5, 0.6) is 0 Å². The van der Waals surface area contributed by atoms with Crippen LogP contribution in [0.25, 0.3) is 0 Å². The third-order valence-electron chi connectivity index (χ3n) is 4.47. The van der Waals surface area contributed by atoms with E-state index in [-0.39, 0.29) is 42.7 Å². The van der Waals surface area contributed by atoms with Crippen LogP contribution in [0.3, 0.4) is 0 Å². The Labute approximate surface area is 153 Å². The summed E-state index contributed by atoms with van der Waals surface area (Å²) in [6.45, 7) is 4.32. The maximum atomic E-state index is 12.9. The van der Waals surface area contributed by atoms with Gasteiger partial charge in [0, 0.05) is 38.3 Å². The molecule has 1 aliphatic heterocycles. The first-order valence-electron chi connectivity index (χ1n) is 8.48. The van der Waals surface area contributed by atoms with E-state index in [0.717, 1.165) is 12.5 Å². The second kappa shape index (κ2) is 8.11. The third kappa shape index (κ3) is 4.19. The summed E-state index contributed by atoms with van der Waals surface area (Å²) in [5.41, 5.74) is 6.02. The highest BCUT2D eigenvalue weighted by molar-refractivity contribution is 7.89. The summed E-state index contributed by atoms with van der Waals surface area (Å²) in [7, 11) is -3.87. The van der Waals surface area contributed by atoms with Gasteiger partial charge in [-0.05, 0) is 18.9 Å². The lowest BCUT2D eigenvalue weighted by Crippen LogP contribution is -2.54. The minimum atomic E-state index is -3.87. The molecule has 0 aliphatic carbocycles. The Morgan fingerprint density at radius 1 is 1.31 bits per heavy atom. The Bertz CT molecular complexity index is 788. The largest absolute Gasteiger partial charge is 0.339 e. The zero-order valence-corrected chi connectivity index (χ0v) is 15.7. The molecule has 1 saturated heterocycles. The SMILES string of the molecule is CCCC(N)C(=O)N1CCN(S(=O)(=O)c2cc([N+](=O)[O-])ccc2C)CC1. The van der Waals surface area contributed by atoms with Gasteiger partial charge in [-0.1, -0.05) is 19.4 Å². The summed E-state index contributed by atoms with van der Waals surface area (Å²) >= 11 is 0. The van der Waals surface area contributed by atoms with E-state index in [4.69, 9.17) is 5.73 Å². The van der Waals surface area contributed by atoms with Crippen LogP contribution >= 0.6 is 0 Å². The van der Waals surface area contributed by atoms with Crippen molar-refractivity contribution in [2.24, 2.45) is 5.73 Å². The first-order chi connectivity index (χ1) is 12.2. The summed E-state index contributed by atoms with van der Waals surface area (Å²) < 4.78 is 27.0. The van der Waals surface area contributed by atoms with Crippen LogP contribution in [0, 0.1) is 17.0 Å². The molecule has 0 spiro atoms. The number of nitro groups is 1. The number of rotatable bonds is 6. The quantitative estimate of drug-likeness (QED) is 0.572. The molecule has 2 N–H and O–H groups in total. The van der Waals surface area contributed by atoms with Gasteiger partial charge in [0.25, 0.3) is 5.69 Å². The summed E-state index contributed by atoms with van der Waals surface area (Å²) in [6, 6.07) is 3.22. The summed E-state index contributed by atoms with van der Waals surface area (Å²) in [5, 5.41) is 10.9. The molecule has 0 radical (unpaired) electrons. The number of carbonyl (C=O) groups is 1. The van der Waals surface area contributed by atoms with Crippen LogP contribution in [0.2, 0.25) is 0 Å². The number of nitrogens with two attached hydrogens (primary N) is 1. The molecule has 26 heavy (non-hydrogen) atoms. The van der Waals surface area contributed by atoms with E-state index >= 15 is 0 Å². The van der Waals surface area contributed by atoms with Gasteiger partial charge in [-0.15, -0.1) is 0 Å². The molecule has 0 saturated carbocycles. The molecule has 1 aromatic carbocycles. The van der Waals surface area contributed by atoms with Gasteiger partial charge in [0.15, 0.2) is 0 Å². The predicted molar refractivity (Wildman–Crippen MR) is 96.1 cm³/mol. The molecular weight excluding hydrogens is 360 g/mol. The molecule has 1 heterocycles. The molecule has 144 valence electrons. The number of hydrogen-bond acceptors (Lipinski definition) is 6. The van der Waals surface area contributed by atoms with Gasteiger partial charge in [-0.3, -0.25) is 14.9 Å². The zero-order valence-electron chi connectivity index (χ0n) is 14.9. The van der Waals surface area contributed by atoms with Gasteiger partial charge < -0.3 is 10.6 Å². The van der Waals surface area contributed by atoms with E-state index < -0.39 is 21.0 Å². The summed E-state index contributed by atoms with van der Waals surface area (Å²) in [4.78, 5) is 24.1. The van der Waals surface area contributed by atoms with Crippen molar-refractivity contribution in [2.75, 3.05) is 26.2 Å². The Kier molecular flexibility index (Phi) is 6.32. The van der Waals surface area contributed by atoms with Crippen molar-refractivity contribution < 1.29 is 18.1 Å². The predicted octanol–water partition coefficient (Wildman–Crippen LogP) is 0.864. The molecular formula is C16H24N4O5S. The fourth-order valence-electron chi connectivity index (χ4n) is 2.94. The number of non-ortho nitro benzene ring substituents is 1. The lowest BCUT2D eigenvalue weighted by atomic mass is 10.1. The smallest absolute Gasteiger partial charge is 0.270 e. The average molecular weight is 384 g/mol. The number of nitro benzene ring substituents is 1. The number of piperazine rings is 1. The normalized spacial score (nSPS) is 17.1. The van der Waals surface area contributed by atoms with E-state index in [1.165, 1.54) is 16.4 Å². The van der Waals surface area contributed by atoms with Crippen LogP contribution in [-0.4, -0.2) is 60.7 Å². The molecule has 10 heteroatoms. The molecule has 1 atom stereocenters. The minimum absolute atomic E-state index is 0.0749. The number of benzene rings is 1. The van der Waals surface area contributed by atoms with Crippen molar-refractivity contribution in [3.05, 3.63) is 33.9 Å². The van der Waals surface area contributed by atoms with Crippen molar-refractivity contribution in [2.45, 2.75) is 37.6 Å². The highest BCUT2D eigenvalue weighted by atomic mass is 32.2. The Morgan fingerprint density at radius 3 is 2.46 bits per heavy atom. The Morgan fingerprint density at radius 2 is 1.92 bits per heavy atom.